The first-order valence-corrected chi connectivity index (χ1v) is 9.59. The molecular weight excluding hydrogens is 368 g/mol. The second-order valence-corrected chi connectivity index (χ2v) is 6.93. The predicted octanol–water partition coefficient (Wildman–Crippen LogP) is 4.32. The summed E-state index contributed by atoms with van der Waals surface area (Å²) in [5, 5.41) is 7.42. The first-order valence-electron chi connectivity index (χ1n) is 9.59. The number of hydrogen-bond acceptors (Lipinski definition) is 6. The van der Waals surface area contributed by atoms with Crippen molar-refractivity contribution >= 4 is 0 Å². The Bertz CT molecular complexity index is 900. The van der Waals surface area contributed by atoms with Crippen LogP contribution in [0.15, 0.2) is 47.0 Å². The Morgan fingerprint density at radius 1 is 0.862 bits per heavy atom. The molecule has 6 nitrogen and oxygen atoms in total. The van der Waals surface area contributed by atoms with E-state index in [-0.39, 0.29) is 0 Å². The Morgan fingerprint density at radius 2 is 1.55 bits per heavy atom. The fraction of sp³-hybridized carbons (Fsp3) is 0.348. The van der Waals surface area contributed by atoms with E-state index in [0.717, 1.165) is 35.7 Å². The van der Waals surface area contributed by atoms with Gasteiger partial charge in [-0.25, -0.2) is 0 Å². The maximum absolute atomic E-state index is 5.94. The number of ether oxygens (including phenoxy) is 3. The maximum Gasteiger partial charge on any atom is 0.161 e. The van der Waals surface area contributed by atoms with E-state index >= 15 is 0 Å². The van der Waals surface area contributed by atoms with Crippen molar-refractivity contribution in [1.82, 2.24) is 10.5 Å². The number of rotatable bonds is 10. The van der Waals surface area contributed by atoms with Crippen LogP contribution in [0.25, 0.3) is 0 Å². The summed E-state index contributed by atoms with van der Waals surface area (Å²) in [4.78, 5) is 0. The van der Waals surface area contributed by atoms with Crippen LogP contribution in [0, 0.1) is 13.8 Å². The Kier molecular flexibility index (Phi) is 7.27. The van der Waals surface area contributed by atoms with Gasteiger partial charge in [-0.2, -0.15) is 0 Å². The number of methoxy groups -OCH3 is 2. The van der Waals surface area contributed by atoms with Crippen molar-refractivity contribution in [3.05, 3.63) is 76.2 Å². The van der Waals surface area contributed by atoms with Crippen LogP contribution in [0.3, 0.4) is 0 Å². The van der Waals surface area contributed by atoms with Gasteiger partial charge in [-0.1, -0.05) is 35.5 Å². The molecule has 0 aliphatic rings. The van der Waals surface area contributed by atoms with Gasteiger partial charge in [0.15, 0.2) is 11.5 Å². The molecule has 0 spiro atoms. The minimum atomic E-state index is 0.397. The molecule has 1 N–H and O–H groups in total. The van der Waals surface area contributed by atoms with E-state index in [1.165, 1.54) is 11.1 Å². The van der Waals surface area contributed by atoms with Crippen molar-refractivity contribution in [3.8, 4) is 11.5 Å². The molecule has 3 aromatic rings. The van der Waals surface area contributed by atoms with Crippen LogP contribution in [0.2, 0.25) is 0 Å². The normalized spacial score (nSPS) is 10.9. The standard InChI is InChI=1S/C23H28N2O4/c1-16-21(17(2)29-25-16)15-28-22-10-9-20(11-23(22)27-4)13-24-12-18-5-7-19(8-6-18)14-26-3/h5-11,24H,12-15H2,1-4H3. The van der Waals surface area contributed by atoms with Crippen LogP contribution in [0.5, 0.6) is 11.5 Å². The van der Waals surface area contributed by atoms with Gasteiger partial charge in [-0.3, -0.25) is 0 Å². The number of aryl methyl sites for hydroxylation is 2. The molecule has 1 aromatic heterocycles. The number of hydrogen-bond donors (Lipinski definition) is 1. The first-order chi connectivity index (χ1) is 14.1. The topological polar surface area (TPSA) is 65.8 Å². The SMILES string of the molecule is COCc1ccc(CNCc2ccc(OCc3c(C)noc3C)c(OC)c2)cc1. The summed E-state index contributed by atoms with van der Waals surface area (Å²) in [5.74, 6) is 2.18. The second kappa shape index (κ2) is 10.1. The quantitative estimate of drug-likeness (QED) is 0.551. The minimum Gasteiger partial charge on any atom is -0.493 e. The molecule has 0 saturated carbocycles. The fourth-order valence-electron chi connectivity index (χ4n) is 3.07. The highest BCUT2D eigenvalue weighted by molar-refractivity contribution is 5.43. The van der Waals surface area contributed by atoms with Gasteiger partial charge in [0.1, 0.15) is 12.4 Å². The lowest BCUT2D eigenvalue weighted by Gasteiger charge is -2.13. The number of nitrogens with zero attached hydrogens (tertiary/aromatic N) is 1. The smallest absolute Gasteiger partial charge is 0.161 e. The number of aromatic nitrogens is 1. The molecule has 0 bridgehead atoms. The Morgan fingerprint density at radius 3 is 2.21 bits per heavy atom. The fourth-order valence-corrected chi connectivity index (χ4v) is 3.07. The van der Waals surface area contributed by atoms with Crippen molar-refractivity contribution in [2.45, 2.75) is 40.2 Å². The second-order valence-electron chi connectivity index (χ2n) is 6.93. The molecule has 1 heterocycles. The third kappa shape index (κ3) is 5.59. The third-order valence-corrected chi connectivity index (χ3v) is 4.77. The van der Waals surface area contributed by atoms with Crippen LogP contribution in [-0.4, -0.2) is 19.4 Å². The highest BCUT2D eigenvalue weighted by atomic mass is 16.5. The van der Waals surface area contributed by atoms with E-state index in [9.17, 15) is 0 Å². The molecule has 6 heteroatoms. The Hall–Kier alpha value is -2.83. The van der Waals surface area contributed by atoms with Gasteiger partial charge in [-0.15, -0.1) is 0 Å². The van der Waals surface area contributed by atoms with Crippen LogP contribution in [0.4, 0.5) is 0 Å². The van der Waals surface area contributed by atoms with Crippen molar-refractivity contribution in [1.29, 1.82) is 0 Å². The van der Waals surface area contributed by atoms with Crippen molar-refractivity contribution < 1.29 is 18.7 Å². The summed E-state index contributed by atoms with van der Waals surface area (Å²) < 4.78 is 21.8. The molecule has 3 rings (SSSR count). The lowest BCUT2D eigenvalue weighted by atomic mass is 10.1. The van der Waals surface area contributed by atoms with Gasteiger partial charge in [0, 0.05) is 20.2 Å². The van der Waals surface area contributed by atoms with Gasteiger partial charge in [-0.05, 0) is 42.7 Å². The van der Waals surface area contributed by atoms with E-state index in [1.54, 1.807) is 14.2 Å². The zero-order valence-corrected chi connectivity index (χ0v) is 17.5. The molecule has 0 atom stereocenters. The minimum absolute atomic E-state index is 0.397. The van der Waals surface area contributed by atoms with Crippen molar-refractivity contribution in [2.75, 3.05) is 14.2 Å². The summed E-state index contributed by atoms with van der Waals surface area (Å²) in [7, 11) is 3.35. The molecule has 0 radical (unpaired) electrons. The average molecular weight is 396 g/mol. The van der Waals surface area contributed by atoms with Gasteiger partial charge in [0.2, 0.25) is 0 Å². The maximum atomic E-state index is 5.94. The van der Waals surface area contributed by atoms with Crippen molar-refractivity contribution in [3.63, 3.8) is 0 Å². The number of nitrogens with one attached hydrogen (secondary N) is 1. The summed E-state index contributed by atoms with van der Waals surface area (Å²) in [6, 6.07) is 14.4. The zero-order chi connectivity index (χ0) is 20.6. The highest BCUT2D eigenvalue weighted by Crippen LogP contribution is 2.29. The lowest BCUT2D eigenvalue weighted by Crippen LogP contribution is -2.12. The Balaban J connectivity index is 1.55. The van der Waals surface area contributed by atoms with E-state index in [0.29, 0.717) is 24.7 Å². The summed E-state index contributed by atoms with van der Waals surface area (Å²) in [6.07, 6.45) is 0. The summed E-state index contributed by atoms with van der Waals surface area (Å²) in [5.41, 5.74) is 5.35. The van der Waals surface area contributed by atoms with Gasteiger partial charge in [0.25, 0.3) is 0 Å². The number of benzene rings is 2. The summed E-state index contributed by atoms with van der Waals surface area (Å²) in [6.45, 7) is 6.36. The highest BCUT2D eigenvalue weighted by Gasteiger charge is 2.12. The molecule has 0 aliphatic carbocycles. The van der Waals surface area contributed by atoms with E-state index in [1.807, 2.05) is 32.0 Å². The molecule has 0 amide bonds. The first kappa shape index (κ1) is 20.9. The van der Waals surface area contributed by atoms with E-state index in [4.69, 9.17) is 18.7 Å². The molecule has 0 unspecified atom stereocenters. The van der Waals surface area contributed by atoms with Crippen molar-refractivity contribution in [2.24, 2.45) is 0 Å². The largest absolute Gasteiger partial charge is 0.493 e. The average Bonchev–Trinajstić information content (AvgIpc) is 3.06. The lowest BCUT2D eigenvalue weighted by molar-refractivity contribution is 0.185. The monoisotopic (exact) mass is 396 g/mol. The van der Waals surface area contributed by atoms with Gasteiger partial charge < -0.3 is 24.1 Å². The van der Waals surface area contributed by atoms with Crippen LogP contribution in [0.1, 0.15) is 33.7 Å². The summed E-state index contributed by atoms with van der Waals surface area (Å²) >= 11 is 0. The molecule has 0 aliphatic heterocycles. The van der Waals surface area contributed by atoms with Gasteiger partial charge >= 0.3 is 0 Å². The Labute approximate surface area is 171 Å². The molecule has 2 aromatic carbocycles. The van der Waals surface area contributed by atoms with Gasteiger partial charge in [0.05, 0.1) is 25.0 Å². The molecule has 0 fully saturated rings. The molecule has 154 valence electrons. The molecular formula is C23H28N2O4. The van der Waals surface area contributed by atoms with E-state index in [2.05, 4.69) is 34.7 Å². The third-order valence-electron chi connectivity index (χ3n) is 4.77. The zero-order valence-electron chi connectivity index (χ0n) is 17.5. The van der Waals surface area contributed by atoms with Crippen LogP contribution in [-0.2, 0) is 31.0 Å². The van der Waals surface area contributed by atoms with E-state index < -0.39 is 0 Å². The van der Waals surface area contributed by atoms with Crippen LogP contribution >= 0.6 is 0 Å². The molecule has 0 saturated heterocycles. The van der Waals surface area contributed by atoms with Crippen LogP contribution < -0.4 is 14.8 Å². The molecule has 29 heavy (non-hydrogen) atoms. The predicted molar refractivity (Wildman–Crippen MR) is 111 cm³/mol.